The molecular formula is C13H21BrN2O3S2. The lowest BCUT2D eigenvalue weighted by molar-refractivity contribution is 0.162. The SMILES string of the molecule is CN(C)C1(CNS(=O)(=O)c2cc(CO)sc2Br)CCCC1. The third-order valence-electron chi connectivity index (χ3n) is 4.23. The van der Waals surface area contributed by atoms with E-state index in [4.69, 9.17) is 5.11 Å². The Morgan fingerprint density at radius 2 is 2.05 bits per heavy atom. The molecule has 1 aliphatic rings. The minimum atomic E-state index is -3.56. The van der Waals surface area contributed by atoms with Gasteiger partial charge in [0.05, 0.1) is 10.4 Å². The van der Waals surface area contributed by atoms with Crippen LogP contribution in [0.1, 0.15) is 30.6 Å². The fourth-order valence-corrected chi connectivity index (χ4v) is 6.44. The summed E-state index contributed by atoms with van der Waals surface area (Å²) in [6.07, 6.45) is 4.29. The highest BCUT2D eigenvalue weighted by molar-refractivity contribution is 9.11. The van der Waals surface area contributed by atoms with Crippen LogP contribution < -0.4 is 4.72 Å². The number of aliphatic hydroxyl groups is 1. The van der Waals surface area contributed by atoms with E-state index in [-0.39, 0.29) is 17.0 Å². The molecule has 1 saturated carbocycles. The molecular weight excluding hydrogens is 376 g/mol. The molecule has 2 N–H and O–H groups in total. The number of hydrogen-bond donors (Lipinski definition) is 2. The number of likely N-dealkylation sites (N-methyl/N-ethyl adjacent to an activating group) is 1. The Bertz CT molecular complexity index is 593. The molecule has 1 aliphatic carbocycles. The normalized spacial score (nSPS) is 18.5. The second kappa shape index (κ2) is 6.64. The van der Waals surface area contributed by atoms with Crippen molar-refractivity contribution in [3.05, 3.63) is 14.7 Å². The van der Waals surface area contributed by atoms with Crippen LogP contribution in [0.4, 0.5) is 0 Å². The van der Waals surface area contributed by atoms with Gasteiger partial charge in [-0.05, 0) is 48.9 Å². The molecule has 0 aromatic carbocycles. The Balaban J connectivity index is 2.15. The summed E-state index contributed by atoms with van der Waals surface area (Å²) in [4.78, 5) is 2.97. The zero-order valence-electron chi connectivity index (χ0n) is 12.2. The van der Waals surface area contributed by atoms with E-state index in [2.05, 4.69) is 25.6 Å². The molecule has 0 saturated heterocycles. The van der Waals surface area contributed by atoms with Crippen LogP contribution in [-0.2, 0) is 16.6 Å². The molecule has 0 unspecified atom stereocenters. The highest BCUT2D eigenvalue weighted by atomic mass is 79.9. The number of nitrogens with one attached hydrogen (secondary N) is 1. The molecule has 120 valence electrons. The zero-order chi connectivity index (χ0) is 15.7. The van der Waals surface area contributed by atoms with Crippen molar-refractivity contribution < 1.29 is 13.5 Å². The molecule has 0 atom stereocenters. The summed E-state index contributed by atoms with van der Waals surface area (Å²) < 4.78 is 28.2. The van der Waals surface area contributed by atoms with Crippen LogP contribution in [-0.4, -0.2) is 44.6 Å². The fourth-order valence-electron chi connectivity index (χ4n) is 2.78. The number of sulfonamides is 1. The topological polar surface area (TPSA) is 69.6 Å². The van der Waals surface area contributed by atoms with E-state index in [1.165, 1.54) is 17.4 Å². The molecule has 8 heteroatoms. The van der Waals surface area contributed by atoms with E-state index in [0.717, 1.165) is 25.7 Å². The van der Waals surface area contributed by atoms with Gasteiger partial charge in [0.2, 0.25) is 10.0 Å². The average Bonchev–Trinajstić information content (AvgIpc) is 3.04. The third-order valence-corrected chi connectivity index (χ3v) is 7.86. The molecule has 1 fully saturated rings. The van der Waals surface area contributed by atoms with Crippen molar-refractivity contribution in [3.63, 3.8) is 0 Å². The molecule has 5 nitrogen and oxygen atoms in total. The van der Waals surface area contributed by atoms with E-state index in [1.807, 2.05) is 14.1 Å². The van der Waals surface area contributed by atoms with Gasteiger partial charge in [-0.15, -0.1) is 11.3 Å². The first-order valence-electron chi connectivity index (χ1n) is 6.87. The van der Waals surface area contributed by atoms with Crippen LogP contribution in [0, 0.1) is 0 Å². The molecule has 0 spiro atoms. The first-order chi connectivity index (χ1) is 9.81. The van der Waals surface area contributed by atoms with Crippen LogP contribution in [0.25, 0.3) is 0 Å². The molecule has 2 rings (SSSR count). The molecule has 0 bridgehead atoms. The molecule has 1 heterocycles. The molecule has 0 amide bonds. The zero-order valence-corrected chi connectivity index (χ0v) is 15.4. The van der Waals surface area contributed by atoms with Gasteiger partial charge in [-0.1, -0.05) is 12.8 Å². The first kappa shape index (κ1) is 17.4. The van der Waals surface area contributed by atoms with Crippen LogP contribution >= 0.6 is 27.3 Å². The van der Waals surface area contributed by atoms with Gasteiger partial charge in [0, 0.05) is 17.0 Å². The van der Waals surface area contributed by atoms with Crippen molar-refractivity contribution in [2.45, 2.75) is 42.7 Å². The van der Waals surface area contributed by atoms with Gasteiger partial charge in [0.1, 0.15) is 4.90 Å². The van der Waals surface area contributed by atoms with Gasteiger partial charge in [-0.3, -0.25) is 0 Å². The van der Waals surface area contributed by atoms with Crippen molar-refractivity contribution in [3.8, 4) is 0 Å². The predicted molar refractivity (Wildman–Crippen MR) is 88.0 cm³/mol. The summed E-state index contributed by atoms with van der Waals surface area (Å²) in [5.41, 5.74) is -0.0879. The molecule has 1 aromatic rings. The number of rotatable bonds is 6. The monoisotopic (exact) mass is 396 g/mol. The minimum absolute atomic E-state index is 0.0879. The van der Waals surface area contributed by atoms with E-state index >= 15 is 0 Å². The maximum Gasteiger partial charge on any atom is 0.242 e. The standard InChI is InChI=1S/C13H21BrN2O3S2/c1-16(2)13(5-3-4-6-13)9-15-21(18,19)11-7-10(8-17)20-12(11)14/h7,15,17H,3-6,8-9H2,1-2H3. The molecule has 0 radical (unpaired) electrons. The van der Waals surface area contributed by atoms with Crippen molar-refractivity contribution in [2.24, 2.45) is 0 Å². The maximum absolute atomic E-state index is 12.5. The summed E-state index contributed by atoms with van der Waals surface area (Å²) in [5, 5.41) is 9.13. The second-order valence-corrected chi connectivity index (χ2v) is 9.85. The van der Waals surface area contributed by atoms with Crippen molar-refractivity contribution >= 4 is 37.3 Å². The Morgan fingerprint density at radius 3 is 2.52 bits per heavy atom. The summed E-state index contributed by atoms with van der Waals surface area (Å²) in [6.45, 7) is 0.263. The highest BCUT2D eigenvalue weighted by Gasteiger charge is 2.37. The third kappa shape index (κ3) is 3.68. The maximum atomic E-state index is 12.5. The molecule has 21 heavy (non-hydrogen) atoms. The van der Waals surface area contributed by atoms with E-state index in [9.17, 15) is 8.42 Å². The van der Waals surface area contributed by atoms with E-state index < -0.39 is 10.0 Å². The average molecular weight is 397 g/mol. The van der Waals surface area contributed by atoms with Gasteiger partial charge in [0.15, 0.2) is 0 Å². The van der Waals surface area contributed by atoms with Crippen LogP contribution in [0.2, 0.25) is 0 Å². The van der Waals surface area contributed by atoms with Gasteiger partial charge in [-0.25, -0.2) is 13.1 Å². The summed E-state index contributed by atoms with van der Waals surface area (Å²) in [6, 6.07) is 1.52. The van der Waals surface area contributed by atoms with Crippen LogP contribution in [0.15, 0.2) is 14.7 Å². The predicted octanol–water partition coefficient (Wildman–Crippen LogP) is 2.16. The minimum Gasteiger partial charge on any atom is -0.391 e. The number of hydrogen-bond acceptors (Lipinski definition) is 5. The van der Waals surface area contributed by atoms with Crippen LogP contribution in [0.5, 0.6) is 0 Å². The van der Waals surface area contributed by atoms with Crippen LogP contribution in [0.3, 0.4) is 0 Å². The number of thiophene rings is 1. The van der Waals surface area contributed by atoms with Gasteiger partial charge in [-0.2, -0.15) is 0 Å². The van der Waals surface area contributed by atoms with Crippen molar-refractivity contribution in [1.82, 2.24) is 9.62 Å². The molecule has 1 aromatic heterocycles. The second-order valence-electron chi connectivity index (χ2n) is 5.66. The van der Waals surface area contributed by atoms with Gasteiger partial charge in [0.25, 0.3) is 0 Å². The number of halogens is 1. The summed E-state index contributed by atoms with van der Waals surface area (Å²) in [5.74, 6) is 0. The lowest BCUT2D eigenvalue weighted by Gasteiger charge is -2.36. The summed E-state index contributed by atoms with van der Waals surface area (Å²) >= 11 is 4.51. The first-order valence-corrected chi connectivity index (χ1v) is 9.96. The van der Waals surface area contributed by atoms with Gasteiger partial charge >= 0.3 is 0 Å². The fraction of sp³-hybridized carbons (Fsp3) is 0.692. The largest absolute Gasteiger partial charge is 0.391 e. The van der Waals surface area contributed by atoms with Crippen molar-refractivity contribution in [2.75, 3.05) is 20.6 Å². The Hall–Kier alpha value is 0.01000. The lowest BCUT2D eigenvalue weighted by atomic mass is 9.97. The molecule has 0 aliphatic heterocycles. The lowest BCUT2D eigenvalue weighted by Crippen LogP contribution is -2.50. The highest BCUT2D eigenvalue weighted by Crippen LogP contribution is 2.35. The Kier molecular flexibility index (Phi) is 5.49. The summed E-state index contributed by atoms with van der Waals surface area (Å²) in [7, 11) is 0.444. The Labute approximate surface area is 138 Å². The Morgan fingerprint density at radius 1 is 1.43 bits per heavy atom. The smallest absolute Gasteiger partial charge is 0.242 e. The number of aliphatic hydroxyl groups excluding tert-OH is 1. The quantitative estimate of drug-likeness (QED) is 0.772. The van der Waals surface area contributed by atoms with Gasteiger partial charge < -0.3 is 10.0 Å². The van der Waals surface area contributed by atoms with E-state index in [0.29, 0.717) is 15.2 Å². The number of nitrogens with zero attached hydrogens (tertiary/aromatic N) is 1. The van der Waals surface area contributed by atoms with Crippen molar-refractivity contribution in [1.29, 1.82) is 0 Å². The van der Waals surface area contributed by atoms with E-state index in [1.54, 1.807) is 0 Å².